The van der Waals surface area contributed by atoms with Gasteiger partial charge in [-0.1, -0.05) is 0 Å². The molecule has 0 aliphatic carbocycles. The predicted molar refractivity (Wildman–Crippen MR) is 84.0 cm³/mol. The number of amides is 1. The van der Waals surface area contributed by atoms with Crippen molar-refractivity contribution in [2.45, 2.75) is 0 Å². The van der Waals surface area contributed by atoms with Gasteiger partial charge in [0.2, 0.25) is 10.0 Å². The van der Waals surface area contributed by atoms with Crippen LogP contribution in [0.5, 0.6) is 0 Å². The number of anilines is 2. The topological polar surface area (TPSA) is 66.5 Å². The smallest absolute Gasteiger partial charge is 0.255 e. The van der Waals surface area contributed by atoms with E-state index in [1.54, 1.807) is 0 Å². The lowest BCUT2D eigenvalue weighted by Gasteiger charge is -2.16. The van der Waals surface area contributed by atoms with Crippen molar-refractivity contribution >= 4 is 27.3 Å². The van der Waals surface area contributed by atoms with Crippen molar-refractivity contribution in [2.75, 3.05) is 22.9 Å². The minimum Gasteiger partial charge on any atom is -0.319 e. The molecule has 8 heteroatoms. The van der Waals surface area contributed by atoms with Crippen molar-refractivity contribution in [3.8, 4) is 0 Å². The molecule has 0 spiro atoms. The molecule has 0 bridgehead atoms. The Hall–Kier alpha value is -2.48. The summed E-state index contributed by atoms with van der Waals surface area (Å²) in [6, 6.07) is 8.55. The first-order chi connectivity index (χ1) is 10.7. The molecule has 2 aromatic rings. The van der Waals surface area contributed by atoms with Crippen LogP contribution in [0.3, 0.4) is 0 Å². The molecule has 0 aliphatic heterocycles. The van der Waals surface area contributed by atoms with Crippen molar-refractivity contribution in [2.24, 2.45) is 0 Å². The Labute approximate surface area is 132 Å². The molecule has 1 amide bonds. The van der Waals surface area contributed by atoms with E-state index in [2.05, 4.69) is 5.32 Å². The molecule has 0 heterocycles. The minimum atomic E-state index is -3.40. The summed E-state index contributed by atoms with van der Waals surface area (Å²) in [7, 11) is -2.01. The average Bonchev–Trinajstić information content (AvgIpc) is 2.48. The largest absolute Gasteiger partial charge is 0.319 e. The van der Waals surface area contributed by atoms with E-state index >= 15 is 0 Å². The SMILES string of the molecule is CN(c1ccc(C(=O)Nc2ccc(F)cc2F)cc1)S(C)(=O)=O. The van der Waals surface area contributed by atoms with Gasteiger partial charge in [-0.2, -0.15) is 0 Å². The predicted octanol–water partition coefficient (Wildman–Crippen LogP) is 2.61. The number of hydrogen-bond donors (Lipinski definition) is 1. The molecule has 0 fully saturated rings. The van der Waals surface area contributed by atoms with E-state index in [1.165, 1.54) is 31.3 Å². The Bertz CT molecular complexity index is 836. The summed E-state index contributed by atoms with van der Waals surface area (Å²) in [6.45, 7) is 0. The Morgan fingerprint density at radius 2 is 1.70 bits per heavy atom. The molecule has 122 valence electrons. The number of carbonyl (C=O) groups is 1. The summed E-state index contributed by atoms with van der Waals surface area (Å²) in [5.41, 5.74) is 0.449. The molecule has 2 aromatic carbocycles. The number of benzene rings is 2. The van der Waals surface area contributed by atoms with E-state index in [4.69, 9.17) is 0 Å². The highest BCUT2D eigenvalue weighted by atomic mass is 32.2. The molecule has 2 rings (SSSR count). The van der Waals surface area contributed by atoms with Crippen LogP contribution in [0.25, 0.3) is 0 Å². The van der Waals surface area contributed by atoms with E-state index in [0.717, 1.165) is 22.7 Å². The van der Waals surface area contributed by atoms with Crippen molar-refractivity contribution in [1.29, 1.82) is 0 Å². The van der Waals surface area contributed by atoms with Crippen LogP contribution < -0.4 is 9.62 Å². The van der Waals surface area contributed by atoms with Crippen molar-refractivity contribution in [3.05, 3.63) is 59.7 Å². The quantitative estimate of drug-likeness (QED) is 0.930. The third-order valence-corrected chi connectivity index (χ3v) is 4.38. The third kappa shape index (κ3) is 4.04. The molecule has 0 unspecified atom stereocenters. The Balaban J connectivity index is 2.17. The van der Waals surface area contributed by atoms with Crippen LogP contribution in [0.4, 0.5) is 20.2 Å². The highest BCUT2D eigenvalue weighted by Crippen LogP contribution is 2.19. The summed E-state index contributed by atoms with van der Waals surface area (Å²) < 4.78 is 50.2. The molecule has 0 radical (unpaired) electrons. The number of halogens is 2. The molecular formula is C15H14F2N2O3S. The van der Waals surface area contributed by atoms with Gasteiger partial charge in [-0.3, -0.25) is 9.10 Å². The van der Waals surface area contributed by atoms with E-state index in [0.29, 0.717) is 11.8 Å². The Morgan fingerprint density at radius 3 is 2.22 bits per heavy atom. The normalized spacial score (nSPS) is 11.1. The molecule has 0 saturated carbocycles. The highest BCUT2D eigenvalue weighted by molar-refractivity contribution is 7.92. The molecule has 0 aliphatic rings. The second-order valence-corrected chi connectivity index (χ2v) is 6.87. The van der Waals surface area contributed by atoms with E-state index in [-0.39, 0.29) is 11.3 Å². The van der Waals surface area contributed by atoms with Crippen LogP contribution in [-0.2, 0) is 10.0 Å². The van der Waals surface area contributed by atoms with Gasteiger partial charge in [-0.15, -0.1) is 0 Å². The van der Waals surface area contributed by atoms with Gasteiger partial charge < -0.3 is 5.32 Å². The van der Waals surface area contributed by atoms with Crippen LogP contribution in [-0.4, -0.2) is 27.6 Å². The summed E-state index contributed by atoms with van der Waals surface area (Å²) >= 11 is 0. The summed E-state index contributed by atoms with van der Waals surface area (Å²) in [5, 5.41) is 2.32. The van der Waals surface area contributed by atoms with Crippen molar-refractivity contribution < 1.29 is 22.0 Å². The third-order valence-electron chi connectivity index (χ3n) is 3.17. The molecular weight excluding hydrogens is 326 g/mol. The summed E-state index contributed by atoms with van der Waals surface area (Å²) in [5.74, 6) is -2.22. The second kappa shape index (κ2) is 6.33. The molecule has 0 saturated heterocycles. The fourth-order valence-electron chi connectivity index (χ4n) is 1.80. The number of nitrogens with zero attached hydrogens (tertiary/aromatic N) is 1. The lowest BCUT2D eigenvalue weighted by Crippen LogP contribution is -2.24. The number of hydrogen-bond acceptors (Lipinski definition) is 3. The molecule has 1 N–H and O–H groups in total. The fourth-order valence-corrected chi connectivity index (χ4v) is 2.30. The van der Waals surface area contributed by atoms with Crippen LogP contribution in [0, 0.1) is 11.6 Å². The summed E-state index contributed by atoms with van der Waals surface area (Å²) in [6.07, 6.45) is 1.06. The van der Waals surface area contributed by atoms with E-state index in [1.807, 2.05) is 0 Å². The maximum atomic E-state index is 13.5. The number of sulfonamides is 1. The highest BCUT2D eigenvalue weighted by Gasteiger charge is 2.14. The monoisotopic (exact) mass is 340 g/mol. The van der Waals surface area contributed by atoms with Crippen molar-refractivity contribution in [1.82, 2.24) is 0 Å². The van der Waals surface area contributed by atoms with Crippen LogP contribution in [0.1, 0.15) is 10.4 Å². The van der Waals surface area contributed by atoms with Crippen LogP contribution >= 0.6 is 0 Å². The lowest BCUT2D eigenvalue weighted by molar-refractivity contribution is 0.102. The van der Waals surface area contributed by atoms with Gasteiger partial charge in [0.25, 0.3) is 5.91 Å². The Kier molecular flexibility index (Phi) is 4.65. The van der Waals surface area contributed by atoms with Gasteiger partial charge in [-0.25, -0.2) is 17.2 Å². The fraction of sp³-hybridized carbons (Fsp3) is 0.133. The Morgan fingerprint density at radius 1 is 1.09 bits per heavy atom. The molecule has 23 heavy (non-hydrogen) atoms. The maximum absolute atomic E-state index is 13.5. The van der Waals surface area contributed by atoms with E-state index in [9.17, 15) is 22.0 Å². The summed E-state index contributed by atoms with van der Waals surface area (Å²) in [4.78, 5) is 12.0. The molecule has 5 nitrogen and oxygen atoms in total. The standard InChI is InChI=1S/C15H14F2N2O3S/c1-19(23(2,21)22)12-6-3-10(4-7-12)15(20)18-14-8-5-11(16)9-13(14)17/h3-9H,1-2H3,(H,18,20). The van der Waals surface area contributed by atoms with Crippen molar-refractivity contribution in [3.63, 3.8) is 0 Å². The number of nitrogens with one attached hydrogen (secondary N) is 1. The first-order valence-corrected chi connectivity index (χ1v) is 8.33. The zero-order chi connectivity index (χ0) is 17.2. The number of carbonyl (C=O) groups excluding carboxylic acids is 1. The van der Waals surface area contributed by atoms with E-state index < -0.39 is 27.6 Å². The zero-order valence-corrected chi connectivity index (χ0v) is 13.2. The van der Waals surface area contributed by atoms with Gasteiger partial charge >= 0.3 is 0 Å². The van der Waals surface area contributed by atoms with Gasteiger partial charge in [0.05, 0.1) is 17.6 Å². The zero-order valence-electron chi connectivity index (χ0n) is 12.4. The maximum Gasteiger partial charge on any atom is 0.255 e. The van der Waals surface area contributed by atoms with Gasteiger partial charge in [-0.05, 0) is 36.4 Å². The molecule has 0 aromatic heterocycles. The molecule has 0 atom stereocenters. The first kappa shape index (κ1) is 16.9. The first-order valence-electron chi connectivity index (χ1n) is 6.49. The van der Waals surface area contributed by atoms with Crippen LogP contribution in [0.2, 0.25) is 0 Å². The van der Waals surface area contributed by atoms with Crippen LogP contribution in [0.15, 0.2) is 42.5 Å². The second-order valence-electron chi connectivity index (χ2n) is 4.86. The number of rotatable bonds is 4. The van der Waals surface area contributed by atoms with Gasteiger partial charge in [0.1, 0.15) is 11.6 Å². The van der Waals surface area contributed by atoms with Gasteiger partial charge in [0.15, 0.2) is 0 Å². The average molecular weight is 340 g/mol. The lowest BCUT2D eigenvalue weighted by atomic mass is 10.2. The minimum absolute atomic E-state index is 0.145. The van der Waals surface area contributed by atoms with Gasteiger partial charge in [0, 0.05) is 18.7 Å².